The minimum atomic E-state index is -0.575. The number of hydrogen-bond acceptors (Lipinski definition) is 5. The Morgan fingerprint density at radius 2 is 2.06 bits per heavy atom. The van der Waals surface area contributed by atoms with Crippen LogP contribution in [0.5, 0.6) is 0 Å². The molecule has 1 aromatic heterocycles. The Bertz CT molecular complexity index is 465. The summed E-state index contributed by atoms with van der Waals surface area (Å²) in [7, 11) is 0. The fraction of sp³-hybridized carbons (Fsp3) is 0.545. The van der Waals surface area contributed by atoms with Crippen molar-refractivity contribution in [1.29, 1.82) is 0 Å². The van der Waals surface area contributed by atoms with E-state index >= 15 is 0 Å². The van der Waals surface area contributed by atoms with Crippen LogP contribution < -0.4 is 5.32 Å². The van der Waals surface area contributed by atoms with Gasteiger partial charge >= 0.3 is 6.09 Å². The van der Waals surface area contributed by atoms with Crippen LogP contribution in [0.25, 0.3) is 0 Å². The van der Waals surface area contributed by atoms with Crippen molar-refractivity contribution in [2.75, 3.05) is 10.6 Å². The van der Waals surface area contributed by atoms with Gasteiger partial charge in [0.15, 0.2) is 10.9 Å². The topological polar surface area (TPSA) is 68.3 Å². The van der Waals surface area contributed by atoms with Crippen LogP contribution in [0.1, 0.15) is 36.1 Å². The number of Topliss-reactive ketones (excluding diaryl/α,β-unsaturated/α-hetero) is 1. The molecule has 0 unspecified atom stereocenters. The number of anilines is 1. The van der Waals surface area contributed by atoms with E-state index in [1.54, 1.807) is 27.7 Å². The molecule has 1 aromatic rings. The Labute approximate surface area is 118 Å². The van der Waals surface area contributed by atoms with Gasteiger partial charge in [-0.25, -0.2) is 9.78 Å². The Balaban J connectivity index is 2.75. The van der Waals surface area contributed by atoms with Gasteiger partial charge in [-0.05, 0) is 27.7 Å². The lowest BCUT2D eigenvalue weighted by Crippen LogP contribution is -2.27. The minimum absolute atomic E-state index is 0.0535. The number of alkyl halides is 1. The number of halogens is 1. The number of nitrogens with zero attached hydrogens (tertiary/aromatic N) is 1. The van der Waals surface area contributed by atoms with E-state index in [9.17, 15) is 9.59 Å². The summed E-state index contributed by atoms with van der Waals surface area (Å²) in [4.78, 5) is 27.7. The van der Waals surface area contributed by atoms with Gasteiger partial charge in [0.25, 0.3) is 0 Å². The number of ketones is 1. The van der Waals surface area contributed by atoms with Crippen molar-refractivity contribution in [3.8, 4) is 0 Å². The number of nitrogens with one attached hydrogen (secondary N) is 1. The average Bonchev–Trinajstić information content (AvgIpc) is 2.55. The summed E-state index contributed by atoms with van der Waals surface area (Å²) >= 11 is 4.25. The third kappa shape index (κ3) is 4.38. The molecule has 1 rings (SSSR count). The van der Waals surface area contributed by atoms with E-state index in [0.717, 1.165) is 11.3 Å². The zero-order valence-corrected chi connectivity index (χ0v) is 13.1. The number of aryl methyl sites for hydroxylation is 1. The summed E-state index contributed by atoms with van der Waals surface area (Å²) in [6, 6.07) is 0. The number of hydrogen-bond donors (Lipinski definition) is 1. The second kappa shape index (κ2) is 5.79. The van der Waals surface area contributed by atoms with Crippen LogP contribution in [0.15, 0.2) is 0 Å². The van der Waals surface area contributed by atoms with Crippen molar-refractivity contribution < 1.29 is 14.3 Å². The second-order valence-corrected chi connectivity index (χ2v) is 6.18. The van der Waals surface area contributed by atoms with Gasteiger partial charge in [0.1, 0.15) is 5.60 Å². The zero-order chi connectivity index (χ0) is 13.9. The van der Waals surface area contributed by atoms with Crippen LogP contribution in [0.2, 0.25) is 0 Å². The van der Waals surface area contributed by atoms with Gasteiger partial charge in [0.2, 0.25) is 0 Å². The fourth-order valence-electron chi connectivity index (χ4n) is 1.16. The maximum Gasteiger partial charge on any atom is 0.413 e. The van der Waals surface area contributed by atoms with Crippen molar-refractivity contribution >= 4 is 44.3 Å². The van der Waals surface area contributed by atoms with E-state index in [4.69, 9.17) is 4.74 Å². The highest BCUT2D eigenvalue weighted by Crippen LogP contribution is 2.24. The van der Waals surface area contributed by atoms with E-state index in [1.165, 1.54) is 0 Å². The van der Waals surface area contributed by atoms with Crippen molar-refractivity contribution in [1.82, 2.24) is 4.98 Å². The van der Waals surface area contributed by atoms with Crippen molar-refractivity contribution in [3.05, 3.63) is 10.6 Å². The van der Waals surface area contributed by atoms with Crippen LogP contribution >= 0.6 is 27.3 Å². The Morgan fingerprint density at radius 1 is 1.44 bits per heavy atom. The first-order chi connectivity index (χ1) is 8.23. The van der Waals surface area contributed by atoms with Crippen LogP contribution in [0.3, 0.4) is 0 Å². The smallest absolute Gasteiger partial charge is 0.413 e. The third-order valence-electron chi connectivity index (χ3n) is 1.78. The molecule has 1 N–H and O–H groups in total. The largest absolute Gasteiger partial charge is 0.444 e. The summed E-state index contributed by atoms with van der Waals surface area (Å²) in [5.41, 5.74) is 0.0424. The standard InChI is InChI=1S/C11H15BrN2O3S/c1-6-8(7(15)5-12)18-9(13-6)14-10(16)17-11(2,3)4/h5H2,1-4H3,(H,13,14,16). The SMILES string of the molecule is Cc1nc(NC(=O)OC(C)(C)C)sc1C(=O)CBr. The molecule has 18 heavy (non-hydrogen) atoms. The van der Waals surface area contributed by atoms with Gasteiger partial charge in [0, 0.05) is 0 Å². The van der Waals surface area contributed by atoms with Crippen molar-refractivity contribution in [3.63, 3.8) is 0 Å². The average molecular weight is 335 g/mol. The third-order valence-corrected chi connectivity index (χ3v) is 3.40. The molecule has 5 nitrogen and oxygen atoms in total. The molecule has 0 aliphatic carbocycles. The Kier molecular flexibility index (Phi) is 4.86. The van der Waals surface area contributed by atoms with Gasteiger partial charge in [-0.3, -0.25) is 10.1 Å². The van der Waals surface area contributed by atoms with Gasteiger partial charge in [-0.1, -0.05) is 27.3 Å². The molecule has 0 fully saturated rings. The van der Waals surface area contributed by atoms with E-state index in [2.05, 4.69) is 26.2 Å². The quantitative estimate of drug-likeness (QED) is 0.679. The number of carbonyl (C=O) groups excluding carboxylic acids is 2. The molecule has 0 radical (unpaired) electrons. The zero-order valence-electron chi connectivity index (χ0n) is 10.7. The molecule has 0 saturated carbocycles. The maximum atomic E-state index is 11.5. The molecular formula is C11H15BrN2O3S. The lowest BCUT2D eigenvalue weighted by molar-refractivity contribution is 0.0635. The summed E-state index contributed by atoms with van der Waals surface area (Å²) in [5, 5.41) is 3.12. The van der Waals surface area contributed by atoms with Gasteiger partial charge in [-0.15, -0.1) is 0 Å². The highest BCUT2D eigenvalue weighted by molar-refractivity contribution is 9.09. The van der Waals surface area contributed by atoms with E-state index < -0.39 is 11.7 Å². The maximum absolute atomic E-state index is 11.5. The second-order valence-electron chi connectivity index (χ2n) is 4.62. The number of rotatable bonds is 3. The first-order valence-corrected chi connectivity index (χ1v) is 7.23. The Morgan fingerprint density at radius 3 is 2.56 bits per heavy atom. The summed E-state index contributed by atoms with van der Waals surface area (Å²) in [6.45, 7) is 7.06. The Hall–Kier alpha value is -0.950. The van der Waals surface area contributed by atoms with Gasteiger partial charge in [0.05, 0.1) is 15.9 Å². The number of thiazole rings is 1. The molecule has 1 amide bonds. The molecule has 0 spiro atoms. The molecule has 0 saturated heterocycles. The highest BCUT2D eigenvalue weighted by atomic mass is 79.9. The number of ether oxygens (including phenoxy) is 1. The molecular weight excluding hydrogens is 320 g/mol. The monoisotopic (exact) mass is 334 g/mol. The predicted octanol–water partition coefficient (Wildman–Crippen LogP) is 3.38. The first-order valence-electron chi connectivity index (χ1n) is 5.29. The number of amides is 1. The van der Waals surface area contributed by atoms with E-state index in [1.807, 2.05) is 0 Å². The fourth-order valence-corrected chi connectivity index (χ4v) is 2.52. The van der Waals surface area contributed by atoms with Crippen molar-refractivity contribution in [2.45, 2.75) is 33.3 Å². The molecule has 0 aliphatic heterocycles. The minimum Gasteiger partial charge on any atom is -0.444 e. The molecule has 0 atom stereocenters. The lowest BCUT2D eigenvalue weighted by atomic mass is 10.2. The number of aromatic nitrogens is 1. The highest BCUT2D eigenvalue weighted by Gasteiger charge is 2.19. The summed E-state index contributed by atoms with van der Waals surface area (Å²) in [6.07, 6.45) is -0.575. The first kappa shape index (κ1) is 15.1. The summed E-state index contributed by atoms with van der Waals surface area (Å²) < 4.78 is 5.10. The van der Waals surface area contributed by atoms with Crippen LogP contribution in [0, 0.1) is 6.92 Å². The summed E-state index contributed by atoms with van der Waals surface area (Å²) in [5.74, 6) is -0.0535. The lowest BCUT2D eigenvalue weighted by Gasteiger charge is -2.18. The predicted molar refractivity (Wildman–Crippen MR) is 74.8 cm³/mol. The molecule has 0 bridgehead atoms. The van der Waals surface area contributed by atoms with Gasteiger partial charge in [-0.2, -0.15) is 0 Å². The molecule has 7 heteroatoms. The van der Waals surface area contributed by atoms with Crippen LogP contribution in [0.4, 0.5) is 9.93 Å². The van der Waals surface area contributed by atoms with Crippen molar-refractivity contribution in [2.24, 2.45) is 0 Å². The van der Waals surface area contributed by atoms with Gasteiger partial charge < -0.3 is 4.74 Å². The molecule has 1 heterocycles. The van der Waals surface area contributed by atoms with Crippen LogP contribution in [-0.2, 0) is 4.74 Å². The molecule has 0 aliphatic rings. The van der Waals surface area contributed by atoms with Crippen LogP contribution in [-0.4, -0.2) is 27.8 Å². The molecule has 100 valence electrons. The van der Waals surface area contributed by atoms with E-state index in [0.29, 0.717) is 15.7 Å². The van der Waals surface area contributed by atoms with E-state index in [-0.39, 0.29) is 11.1 Å². The number of carbonyl (C=O) groups is 2. The molecule has 0 aromatic carbocycles. The normalized spacial score (nSPS) is 11.2.